The first kappa shape index (κ1) is 14.9. The summed E-state index contributed by atoms with van der Waals surface area (Å²) in [6, 6.07) is 8.40. The molecule has 0 radical (unpaired) electrons. The predicted molar refractivity (Wildman–Crippen MR) is 80.1 cm³/mol. The smallest absolute Gasteiger partial charge is 0.308 e. The Bertz CT molecular complexity index is 440. The molecule has 4 nitrogen and oxygen atoms in total. The van der Waals surface area contributed by atoms with Crippen molar-refractivity contribution in [3.63, 3.8) is 0 Å². The molecule has 3 N–H and O–H groups in total. The lowest BCUT2D eigenvalue weighted by atomic mass is 9.86. The van der Waals surface area contributed by atoms with E-state index in [4.69, 9.17) is 10.5 Å². The molecule has 0 amide bonds. The summed E-state index contributed by atoms with van der Waals surface area (Å²) in [5.41, 5.74) is 7.90. The lowest BCUT2D eigenvalue weighted by molar-refractivity contribution is -0.149. The van der Waals surface area contributed by atoms with Crippen LogP contribution >= 0.6 is 0 Å². The molecule has 20 heavy (non-hydrogen) atoms. The van der Waals surface area contributed by atoms with Gasteiger partial charge in [0.25, 0.3) is 0 Å². The van der Waals surface area contributed by atoms with Crippen LogP contribution in [0.25, 0.3) is 0 Å². The number of hydrogen-bond donors (Lipinski definition) is 2. The number of nitrogens with one attached hydrogen (secondary N) is 1. The normalized spacial score (nSPS) is 22.4. The van der Waals surface area contributed by atoms with Gasteiger partial charge in [0.1, 0.15) is 0 Å². The third kappa shape index (κ3) is 3.97. The molecule has 1 saturated carbocycles. The fourth-order valence-corrected chi connectivity index (χ4v) is 2.74. The Morgan fingerprint density at radius 3 is 2.65 bits per heavy atom. The maximum absolute atomic E-state index is 11.7. The van der Waals surface area contributed by atoms with Gasteiger partial charge in [0.2, 0.25) is 0 Å². The molecule has 1 aromatic rings. The summed E-state index contributed by atoms with van der Waals surface area (Å²) in [6.07, 6.45) is 3.88. The number of esters is 1. The summed E-state index contributed by atoms with van der Waals surface area (Å²) in [5.74, 6) is 0.0630. The number of para-hydroxylation sites is 1. The molecule has 110 valence electrons. The van der Waals surface area contributed by atoms with Gasteiger partial charge < -0.3 is 15.8 Å². The van der Waals surface area contributed by atoms with Crippen molar-refractivity contribution in [3.8, 4) is 0 Å². The summed E-state index contributed by atoms with van der Waals surface area (Å²) < 4.78 is 5.09. The molecule has 0 spiro atoms. The summed E-state index contributed by atoms with van der Waals surface area (Å²) in [4.78, 5) is 11.7. The average Bonchev–Trinajstić information content (AvgIpc) is 2.47. The maximum atomic E-state index is 11.7. The quantitative estimate of drug-likeness (QED) is 0.640. The van der Waals surface area contributed by atoms with Crippen LogP contribution in [0.4, 0.5) is 5.69 Å². The summed E-state index contributed by atoms with van der Waals surface area (Å²) in [5, 5.41) is 3.54. The van der Waals surface area contributed by atoms with Crippen LogP contribution < -0.4 is 11.1 Å². The van der Waals surface area contributed by atoms with Gasteiger partial charge in [-0.05, 0) is 44.2 Å². The van der Waals surface area contributed by atoms with Crippen molar-refractivity contribution >= 4 is 11.7 Å². The van der Waals surface area contributed by atoms with E-state index in [0.717, 1.165) is 43.5 Å². The average molecular weight is 276 g/mol. The zero-order chi connectivity index (χ0) is 14.4. The third-order valence-corrected chi connectivity index (χ3v) is 3.98. The highest BCUT2D eigenvalue weighted by Crippen LogP contribution is 2.25. The van der Waals surface area contributed by atoms with E-state index in [0.29, 0.717) is 12.6 Å². The van der Waals surface area contributed by atoms with Crippen molar-refractivity contribution in [2.45, 2.75) is 45.2 Å². The second kappa shape index (κ2) is 7.29. The first-order valence-corrected chi connectivity index (χ1v) is 7.44. The highest BCUT2D eigenvalue weighted by atomic mass is 16.5. The number of nitrogen functional groups attached to an aromatic ring is 1. The van der Waals surface area contributed by atoms with Crippen molar-refractivity contribution in [2.24, 2.45) is 5.92 Å². The molecule has 0 aliphatic heterocycles. The Balaban J connectivity index is 1.75. The van der Waals surface area contributed by atoms with E-state index in [1.54, 1.807) is 0 Å². The Hall–Kier alpha value is -1.55. The van der Waals surface area contributed by atoms with Crippen molar-refractivity contribution in [1.82, 2.24) is 5.32 Å². The molecular formula is C16H24N2O2. The van der Waals surface area contributed by atoms with Gasteiger partial charge in [-0.15, -0.1) is 0 Å². The highest BCUT2D eigenvalue weighted by molar-refractivity contribution is 5.72. The molecule has 0 heterocycles. The van der Waals surface area contributed by atoms with E-state index >= 15 is 0 Å². The van der Waals surface area contributed by atoms with Crippen LogP contribution in [0.2, 0.25) is 0 Å². The van der Waals surface area contributed by atoms with E-state index in [9.17, 15) is 4.79 Å². The van der Waals surface area contributed by atoms with Gasteiger partial charge in [-0.3, -0.25) is 4.79 Å². The minimum atomic E-state index is -0.0294. The third-order valence-electron chi connectivity index (χ3n) is 3.98. The topological polar surface area (TPSA) is 64.3 Å². The SMILES string of the molecule is CCOC(=O)C1CCC(NCc2ccccc2N)CC1. The molecule has 4 heteroatoms. The monoisotopic (exact) mass is 276 g/mol. The van der Waals surface area contributed by atoms with E-state index < -0.39 is 0 Å². The van der Waals surface area contributed by atoms with Crippen LogP contribution in [-0.2, 0) is 16.1 Å². The van der Waals surface area contributed by atoms with Crippen LogP contribution in [0.1, 0.15) is 38.2 Å². The van der Waals surface area contributed by atoms with Crippen molar-refractivity contribution in [3.05, 3.63) is 29.8 Å². The van der Waals surface area contributed by atoms with Gasteiger partial charge in [-0.1, -0.05) is 18.2 Å². The van der Waals surface area contributed by atoms with Gasteiger partial charge in [-0.2, -0.15) is 0 Å². The van der Waals surface area contributed by atoms with E-state index in [-0.39, 0.29) is 11.9 Å². The molecule has 1 aliphatic rings. The molecule has 0 saturated heterocycles. The Labute approximate surface area is 120 Å². The van der Waals surface area contributed by atoms with E-state index in [2.05, 4.69) is 5.32 Å². The first-order valence-electron chi connectivity index (χ1n) is 7.44. The lowest BCUT2D eigenvalue weighted by Gasteiger charge is -2.28. The summed E-state index contributed by atoms with van der Waals surface area (Å²) in [7, 11) is 0. The number of hydrogen-bond acceptors (Lipinski definition) is 4. The second-order valence-electron chi connectivity index (χ2n) is 5.38. The molecule has 1 fully saturated rings. The summed E-state index contributed by atoms with van der Waals surface area (Å²) in [6.45, 7) is 3.13. The van der Waals surface area contributed by atoms with Crippen molar-refractivity contribution in [1.29, 1.82) is 0 Å². The Kier molecular flexibility index (Phi) is 5.41. The highest BCUT2D eigenvalue weighted by Gasteiger charge is 2.26. The molecule has 0 unspecified atom stereocenters. The minimum absolute atomic E-state index is 0.0294. The molecule has 0 atom stereocenters. The van der Waals surface area contributed by atoms with Crippen LogP contribution in [0, 0.1) is 5.92 Å². The van der Waals surface area contributed by atoms with Crippen LogP contribution in [0.3, 0.4) is 0 Å². The van der Waals surface area contributed by atoms with E-state index in [1.807, 2.05) is 31.2 Å². The maximum Gasteiger partial charge on any atom is 0.308 e. The second-order valence-corrected chi connectivity index (χ2v) is 5.38. The number of rotatable bonds is 5. The van der Waals surface area contributed by atoms with E-state index in [1.165, 1.54) is 0 Å². The molecule has 0 aromatic heterocycles. The van der Waals surface area contributed by atoms with Gasteiger partial charge >= 0.3 is 5.97 Å². The first-order chi connectivity index (χ1) is 9.70. The van der Waals surface area contributed by atoms with Gasteiger partial charge in [0.15, 0.2) is 0 Å². The fraction of sp³-hybridized carbons (Fsp3) is 0.562. The summed E-state index contributed by atoms with van der Waals surface area (Å²) >= 11 is 0. The van der Waals surface area contributed by atoms with Crippen LogP contribution in [0.5, 0.6) is 0 Å². The van der Waals surface area contributed by atoms with Gasteiger partial charge in [0, 0.05) is 18.3 Å². The van der Waals surface area contributed by atoms with Crippen molar-refractivity contribution in [2.75, 3.05) is 12.3 Å². The largest absolute Gasteiger partial charge is 0.466 e. The Morgan fingerprint density at radius 2 is 2.00 bits per heavy atom. The molecule has 1 aliphatic carbocycles. The molecule has 1 aromatic carbocycles. The lowest BCUT2D eigenvalue weighted by Crippen LogP contribution is -2.35. The predicted octanol–water partition coefficient (Wildman–Crippen LogP) is 2.48. The fourth-order valence-electron chi connectivity index (χ4n) is 2.74. The number of ether oxygens (including phenoxy) is 1. The number of anilines is 1. The number of carbonyl (C=O) groups is 1. The Morgan fingerprint density at radius 1 is 1.30 bits per heavy atom. The van der Waals surface area contributed by atoms with Crippen molar-refractivity contribution < 1.29 is 9.53 Å². The number of benzene rings is 1. The standard InChI is InChI=1S/C16H24N2O2/c1-2-20-16(19)12-7-9-14(10-8-12)18-11-13-5-3-4-6-15(13)17/h3-6,12,14,18H,2,7-11,17H2,1H3. The molecular weight excluding hydrogens is 252 g/mol. The number of nitrogens with two attached hydrogens (primary N) is 1. The van der Waals surface area contributed by atoms with Gasteiger partial charge in [-0.25, -0.2) is 0 Å². The zero-order valence-electron chi connectivity index (χ0n) is 12.1. The zero-order valence-corrected chi connectivity index (χ0v) is 12.1. The number of carbonyl (C=O) groups excluding carboxylic acids is 1. The molecule has 0 bridgehead atoms. The molecule has 2 rings (SSSR count). The van der Waals surface area contributed by atoms with Crippen LogP contribution in [-0.4, -0.2) is 18.6 Å². The van der Waals surface area contributed by atoms with Crippen LogP contribution in [0.15, 0.2) is 24.3 Å². The van der Waals surface area contributed by atoms with Gasteiger partial charge in [0.05, 0.1) is 12.5 Å². The minimum Gasteiger partial charge on any atom is -0.466 e.